The average Bonchev–Trinajstić information content (AvgIpc) is 2.74. The maximum atomic E-state index is 11.8. The predicted molar refractivity (Wildman–Crippen MR) is 60.3 cm³/mol. The van der Waals surface area contributed by atoms with Crippen LogP contribution in [0.5, 0.6) is 0 Å². The van der Waals surface area contributed by atoms with E-state index in [-0.39, 0.29) is 0 Å². The molecule has 2 rings (SSSR count). The minimum absolute atomic E-state index is 0.304. The molecule has 0 spiro atoms. The van der Waals surface area contributed by atoms with Crippen molar-refractivity contribution in [1.82, 2.24) is 5.32 Å². The van der Waals surface area contributed by atoms with Crippen LogP contribution in [0.3, 0.4) is 0 Å². The van der Waals surface area contributed by atoms with Gasteiger partial charge in [0.05, 0.1) is 0 Å². The molecule has 2 aliphatic carbocycles. The van der Waals surface area contributed by atoms with E-state index in [1.165, 1.54) is 6.42 Å². The van der Waals surface area contributed by atoms with Crippen LogP contribution in [0.4, 0.5) is 0 Å². The summed E-state index contributed by atoms with van der Waals surface area (Å²) < 4.78 is 0. The summed E-state index contributed by atoms with van der Waals surface area (Å²) in [7, 11) is 0. The summed E-state index contributed by atoms with van der Waals surface area (Å²) in [4.78, 5) is 11.8. The average molecular weight is 213 g/mol. The molecule has 1 amide bonds. The summed E-state index contributed by atoms with van der Waals surface area (Å²) in [6, 6.07) is 0.328. The fourth-order valence-electron chi connectivity index (χ4n) is 2.58. The second kappa shape index (κ2) is 4.13. The van der Waals surface area contributed by atoms with Gasteiger partial charge in [0, 0.05) is 17.7 Å². The molecule has 2 fully saturated rings. The van der Waals surface area contributed by atoms with Crippen LogP contribution in [0.2, 0.25) is 0 Å². The van der Waals surface area contributed by atoms with Crippen molar-refractivity contribution >= 4 is 17.7 Å². The lowest BCUT2D eigenvalue weighted by Crippen LogP contribution is -2.38. The quantitative estimate of drug-likeness (QED) is 0.773. The first-order valence-electron chi connectivity index (χ1n) is 5.50. The predicted octanol–water partition coefficient (Wildman–Crippen LogP) is 1.90. The summed E-state index contributed by atoms with van der Waals surface area (Å²) in [6.45, 7) is 2.09. The second-order valence-electron chi connectivity index (χ2n) is 4.79. The smallest absolute Gasteiger partial charge is 0.223 e. The molecule has 3 heteroatoms. The van der Waals surface area contributed by atoms with Crippen LogP contribution in [0, 0.1) is 17.8 Å². The van der Waals surface area contributed by atoms with E-state index in [0.717, 1.165) is 30.4 Å². The van der Waals surface area contributed by atoms with Crippen LogP contribution >= 0.6 is 11.8 Å². The van der Waals surface area contributed by atoms with E-state index < -0.39 is 0 Å². The fraction of sp³-hybridized carbons (Fsp3) is 0.909. The Morgan fingerprint density at radius 3 is 2.64 bits per heavy atom. The lowest BCUT2D eigenvalue weighted by molar-refractivity contribution is -0.125. The molecular weight excluding hydrogens is 194 g/mol. The molecule has 0 aliphatic heterocycles. The van der Waals surface area contributed by atoms with Crippen LogP contribution in [0.1, 0.15) is 26.2 Å². The SMILES string of the molecule is CSCC(C)NC(=O)C1CC2CC2C1. The third-order valence-corrected chi connectivity index (χ3v) is 4.25. The first kappa shape index (κ1) is 10.3. The number of amides is 1. The van der Waals surface area contributed by atoms with Crippen LogP contribution < -0.4 is 5.32 Å². The van der Waals surface area contributed by atoms with Crippen LogP contribution in [-0.4, -0.2) is 24.0 Å². The Hall–Kier alpha value is -0.180. The van der Waals surface area contributed by atoms with Gasteiger partial charge in [-0.1, -0.05) is 0 Å². The molecule has 0 aromatic carbocycles. The lowest BCUT2D eigenvalue weighted by atomic mass is 10.0. The largest absolute Gasteiger partial charge is 0.353 e. The summed E-state index contributed by atoms with van der Waals surface area (Å²) >= 11 is 1.79. The molecule has 2 saturated carbocycles. The van der Waals surface area contributed by atoms with Crippen molar-refractivity contribution < 1.29 is 4.79 Å². The Balaban J connectivity index is 1.72. The van der Waals surface area contributed by atoms with E-state index in [1.807, 2.05) is 0 Å². The van der Waals surface area contributed by atoms with E-state index in [9.17, 15) is 4.79 Å². The van der Waals surface area contributed by atoms with Gasteiger partial charge in [-0.2, -0.15) is 11.8 Å². The van der Waals surface area contributed by atoms with E-state index in [4.69, 9.17) is 0 Å². The molecule has 14 heavy (non-hydrogen) atoms. The fourth-order valence-corrected chi connectivity index (χ4v) is 3.16. The summed E-state index contributed by atoms with van der Waals surface area (Å²) in [6.07, 6.45) is 5.78. The molecule has 0 saturated heterocycles. The molecule has 0 heterocycles. The molecule has 1 N–H and O–H groups in total. The summed E-state index contributed by atoms with van der Waals surface area (Å²) in [5.74, 6) is 3.47. The van der Waals surface area contributed by atoms with E-state index >= 15 is 0 Å². The van der Waals surface area contributed by atoms with Gasteiger partial charge in [0.1, 0.15) is 0 Å². The second-order valence-corrected chi connectivity index (χ2v) is 5.70. The molecule has 0 aromatic rings. The van der Waals surface area contributed by atoms with Crippen molar-refractivity contribution in [2.45, 2.75) is 32.2 Å². The minimum Gasteiger partial charge on any atom is -0.353 e. The van der Waals surface area contributed by atoms with Gasteiger partial charge in [0.25, 0.3) is 0 Å². The van der Waals surface area contributed by atoms with Gasteiger partial charge < -0.3 is 5.32 Å². The van der Waals surface area contributed by atoms with Crippen molar-refractivity contribution in [2.24, 2.45) is 17.8 Å². The monoisotopic (exact) mass is 213 g/mol. The van der Waals surface area contributed by atoms with Gasteiger partial charge in [-0.3, -0.25) is 4.79 Å². The third kappa shape index (κ3) is 2.25. The normalized spacial score (nSPS) is 36.3. The zero-order chi connectivity index (χ0) is 10.1. The Morgan fingerprint density at radius 2 is 2.07 bits per heavy atom. The first-order chi connectivity index (χ1) is 6.70. The van der Waals surface area contributed by atoms with Gasteiger partial charge >= 0.3 is 0 Å². The molecule has 80 valence electrons. The lowest BCUT2D eigenvalue weighted by Gasteiger charge is -2.16. The highest BCUT2D eigenvalue weighted by molar-refractivity contribution is 7.98. The van der Waals surface area contributed by atoms with Gasteiger partial charge in [0.15, 0.2) is 0 Å². The molecular formula is C11H19NOS. The highest BCUT2D eigenvalue weighted by atomic mass is 32.2. The molecule has 2 aliphatic rings. The maximum absolute atomic E-state index is 11.8. The minimum atomic E-state index is 0.304. The zero-order valence-corrected chi connectivity index (χ0v) is 9.77. The number of carbonyl (C=O) groups excluding carboxylic acids is 1. The van der Waals surface area contributed by atoms with Gasteiger partial charge in [-0.05, 0) is 44.3 Å². The third-order valence-electron chi connectivity index (χ3n) is 3.42. The van der Waals surface area contributed by atoms with Crippen molar-refractivity contribution in [1.29, 1.82) is 0 Å². The Morgan fingerprint density at radius 1 is 1.43 bits per heavy atom. The Labute approximate surface area is 90.2 Å². The highest BCUT2D eigenvalue weighted by Gasteiger charge is 2.47. The number of nitrogens with one attached hydrogen (secondary N) is 1. The maximum Gasteiger partial charge on any atom is 0.223 e. The van der Waals surface area contributed by atoms with Crippen molar-refractivity contribution in [3.05, 3.63) is 0 Å². The van der Waals surface area contributed by atoms with Gasteiger partial charge in [-0.15, -0.1) is 0 Å². The molecule has 0 bridgehead atoms. The molecule has 3 atom stereocenters. The number of hydrogen-bond donors (Lipinski definition) is 1. The topological polar surface area (TPSA) is 29.1 Å². The molecule has 2 nitrogen and oxygen atoms in total. The van der Waals surface area contributed by atoms with Crippen LogP contribution in [0.15, 0.2) is 0 Å². The van der Waals surface area contributed by atoms with Crippen LogP contribution in [-0.2, 0) is 4.79 Å². The molecule has 3 unspecified atom stereocenters. The van der Waals surface area contributed by atoms with E-state index in [0.29, 0.717) is 17.9 Å². The Bertz CT molecular complexity index is 221. The number of hydrogen-bond acceptors (Lipinski definition) is 2. The van der Waals surface area contributed by atoms with E-state index in [1.54, 1.807) is 11.8 Å². The number of fused-ring (bicyclic) bond motifs is 1. The number of carbonyl (C=O) groups is 1. The number of thioether (sulfide) groups is 1. The van der Waals surface area contributed by atoms with Crippen molar-refractivity contribution in [3.63, 3.8) is 0 Å². The highest BCUT2D eigenvalue weighted by Crippen LogP contribution is 2.54. The molecule has 0 aromatic heterocycles. The van der Waals surface area contributed by atoms with Gasteiger partial charge in [-0.25, -0.2) is 0 Å². The van der Waals surface area contributed by atoms with Crippen LogP contribution in [0.25, 0.3) is 0 Å². The van der Waals surface area contributed by atoms with Crippen molar-refractivity contribution in [2.75, 3.05) is 12.0 Å². The molecule has 0 radical (unpaired) electrons. The first-order valence-corrected chi connectivity index (χ1v) is 6.89. The van der Waals surface area contributed by atoms with Gasteiger partial charge in [0.2, 0.25) is 5.91 Å². The zero-order valence-electron chi connectivity index (χ0n) is 8.95. The van der Waals surface area contributed by atoms with E-state index in [2.05, 4.69) is 18.5 Å². The number of rotatable bonds is 4. The standard InChI is InChI=1S/C11H19NOS/c1-7(6-14-2)12-11(13)10-4-8-3-9(8)5-10/h7-10H,3-6H2,1-2H3,(H,12,13). The van der Waals surface area contributed by atoms with Crippen molar-refractivity contribution in [3.8, 4) is 0 Å². The Kier molecular flexibility index (Phi) is 3.05. The summed E-state index contributed by atoms with van der Waals surface area (Å²) in [5.41, 5.74) is 0. The summed E-state index contributed by atoms with van der Waals surface area (Å²) in [5, 5.41) is 3.10.